The lowest BCUT2D eigenvalue weighted by molar-refractivity contribution is -0.121. The molecule has 1 aliphatic rings. The summed E-state index contributed by atoms with van der Waals surface area (Å²) in [5, 5.41) is 3.28. The normalized spacial score (nSPS) is 19.7. The molecule has 2 heterocycles. The highest BCUT2D eigenvalue weighted by atomic mass is 35.5. The number of nitrogens with one attached hydrogen (secondary N) is 1. The fourth-order valence-electron chi connectivity index (χ4n) is 3.53. The summed E-state index contributed by atoms with van der Waals surface area (Å²) in [5.74, 6) is -0.701. The second-order valence-electron chi connectivity index (χ2n) is 7.04. The van der Waals surface area contributed by atoms with Crippen molar-refractivity contribution in [2.75, 3.05) is 31.6 Å². The number of halogens is 1. The van der Waals surface area contributed by atoms with Gasteiger partial charge < -0.3 is 14.8 Å². The second-order valence-corrected chi connectivity index (χ2v) is 8.66. The summed E-state index contributed by atoms with van der Waals surface area (Å²) >= 11 is 7.65. The SMILES string of the molecule is CCOC(=O)c1c(NC(=O)CN2C[C@@H](C)O[C@H](C)C2)sc(Cl)c1-c1ccccc1. The number of rotatable bonds is 6. The van der Waals surface area contributed by atoms with Gasteiger partial charge in [0, 0.05) is 18.7 Å². The maximum absolute atomic E-state index is 12.7. The largest absolute Gasteiger partial charge is 0.462 e. The molecule has 1 N–H and O–H groups in total. The molecule has 1 aliphatic heterocycles. The van der Waals surface area contributed by atoms with Gasteiger partial charge in [-0.2, -0.15) is 0 Å². The number of benzene rings is 1. The molecule has 0 aliphatic carbocycles. The number of anilines is 1. The Balaban J connectivity index is 1.85. The molecule has 1 aromatic carbocycles. The van der Waals surface area contributed by atoms with Crippen molar-refractivity contribution in [3.63, 3.8) is 0 Å². The van der Waals surface area contributed by atoms with Crippen molar-refractivity contribution in [1.82, 2.24) is 4.90 Å². The summed E-state index contributed by atoms with van der Waals surface area (Å²) < 4.78 is 11.4. The zero-order valence-electron chi connectivity index (χ0n) is 16.7. The van der Waals surface area contributed by atoms with Crippen LogP contribution in [0.3, 0.4) is 0 Å². The van der Waals surface area contributed by atoms with E-state index in [2.05, 4.69) is 5.32 Å². The van der Waals surface area contributed by atoms with Crippen LogP contribution >= 0.6 is 22.9 Å². The zero-order chi connectivity index (χ0) is 21.0. The van der Waals surface area contributed by atoms with Gasteiger partial charge in [0.15, 0.2) is 0 Å². The average molecular weight is 437 g/mol. The molecule has 2 atom stereocenters. The Morgan fingerprint density at radius 3 is 2.52 bits per heavy atom. The number of thiophene rings is 1. The zero-order valence-corrected chi connectivity index (χ0v) is 18.3. The monoisotopic (exact) mass is 436 g/mol. The van der Waals surface area contributed by atoms with Gasteiger partial charge in [-0.15, -0.1) is 11.3 Å². The number of carbonyl (C=O) groups is 2. The number of nitrogens with zero attached hydrogens (tertiary/aromatic N) is 1. The molecule has 1 aromatic heterocycles. The molecule has 6 nitrogen and oxygen atoms in total. The molecular formula is C21H25ClN2O4S. The van der Waals surface area contributed by atoms with E-state index in [9.17, 15) is 9.59 Å². The Morgan fingerprint density at radius 1 is 1.24 bits per heavy atom. The molecule has 1 fully saturated rings. The molecule has 0 radical (unpaired) electrons. The van der Waals surface area contributed by atoms with Gasteiger partial charge in [-0.05, 0) is 26.3 Å². The van der Waals surface area contributed by atoms with Crippen LogP contribution in [0.15, 0.2) is 30.3 Å². The standard InChI is InChI=1S/C21H25ClN2O4S/c1-4-27-21(26)18-17(15-8-6-5-7-9-15)19(22)29-20(18)23-16(25)12-24-10-13(2)28-14(3)11-24/h5-9,13-14H,4,10-12H2,1-3H3,(H,23,25)/t13-,14-/m1/s1. The number of morpholine rings is 1. The number of amides is 1. The molecular weight excluding hydrogens is 412 g/mol. The molecule has 1 amide bonds. The van der Waals surface area contributed by atoms with E-state index in [0.29, 0.717) is 33.6 Å². The smallest absolute Gasteiger partial charge is 0.341 e. The molecule has 0 saturated carbocycles. The Bertz CT molecular complexity index is 861. The van der Waals surface area contributed by atoms with Gasteiger partial charge in [0.2, 0.25) is 5.91 Å². The van der Waals surface area contributed by atoms with Crippen molar-refractivity contribution in [3.05, 3.63) is 40.2 Å². The third-order valence-corrected chi connectivity index (χ3v) is 5.84. The van der Waals surface area contributed by atoms with Gasteiger partial charge in [-0.1, -0.05) is 41.9 Å². The first-order chi connectivity index (χ1) is 13.9. The van der Waals surface area contributed by atoms with E-state index in [1.54, 1.807) is 6.92 Å². The minimum absolute atomic E-state index is 0.0718. The lowest BCUT2D eigenvalue weighted by atomic mass is 10.0. The first-order valence-electron chi connectivity index (χ1n) is 9.61. The van der Waals surface area contributed by atoms with Crippen LogP contribution in [0.25, 0.3) is 11.1 Å². The first-order valence-corrected chi connectivity index (χ1v) is 10.8. The molecule has 8 heteroatoms. The Hall–Kier alpha value is -1.93. The van der Waals surface area contributed by atoms with Crippen LogP contribution in [0.2, 0.25) is 4.34 Å². The molecule has 0 unspecified atom stereocenters. The first kappa shape index (κ1) is 21.8. The van der Waals surface area contributed by atoms with E-state index < -0.39 is 5.97 Å². The van der Waals surface area contributed by atoms with Crippen LogP contribution in [0.1, 0.15) is 31.1 Å². The third kappa shape index (κ3) is 5.36. The lowest BCUT2D eigenvalue weighted by Gasteiger charge is -2.34. The molecule has 1 saturated heterocycles. The summed E-state index contributed by atoms with van der Waals surface area (Å²) in [7, 11) is 0. The van der Waals surface area contributed by atoms with Crippen molar-refractivity contribution < 1.29 is 19.1 Å². The minimum atomic E-state index is -0.501. The Morgan fingerprint density at radius 2 is 1.90 bits per heavy atom. The number of carbonyl (C=O) groups excluding carboxylic acids is 2. The summed E-state index contributed by atoms with van der Waals surface area (Å²) in [5.41, 5.74) is 1.68. The van der Waals surface area contributed by atoms with Gasteiger partial charge >= 0.3 is 5.97 Å². The Labute approximate surface area is 179 Å². The van der Waals surface area contributed by atoms with Crippen LogP contribution < -0.4 is 5.32 Å². The van der Waals surface area contributed by atoms with Crippen LogP contribution in [-0.2, 0) is 14.3 Å². The maximum atomic E-state index is 12.7. The van der Waals surface area contributed by atoms with Crippen molar-refractivity contribution in [1.29, 1.82) is 0 Å². The van der Waals surface area contributed by atoms with Crippen LogP contribution in [0.4, 0.5) is 5.00 Å². The molecule has 156 valence electrons. The van der Waals surface area contributed by atoms with Gasteiger partial charge in [0.1, 0.15) is 14.9 Å². The minimum Gasteiger partial charge on any atom is -0.462 e. The molecule has 29 heavy (non-hydrogen) atoms. The quantitative estimate of drug-likeness (QED) is 0.684. The third-order valence-electron chi connectivity index (χ3n) is 4.52. The van der Waals surface area contributed by atoms with Gasteiger partial charge in [0.05, 0.1) is 25.4 Å². The van der Waals surface area contributed by atoms with Crippen LogP contribution in [0, 0.1) is 0 Å². The van der Waals surface area contributed by atoms with Crippen LogP contribution in [0.5, 0.6) is 0 Å². The number of hydrogen-bond donors (Lipinski definition) is 1. The topological polar surface area (TPSA) is 67.9 Å². The highest BCUT2D eigenvalue weighted by molar-refractivity contribution is 7.21. The summed E-state index contributed by atoms with van der Waals surface area (Å²) in [6, 6.07) is 9.38. The predicted molar refractivity (Wildman–Crippen MR) is 116 cm³/mol. The van der Waals surface area contributed by atoms with Crippen molar-refractivity contribution in [2.45, 2.75) is 33.0 Å². The van der Waals surface area contributed by atoms with Crippen LogP contribution in [-0.4, -0.2) is 55.2 Å². The number of hydrogen-bond acceptors (Lipinski definition) is 6. The van der Waals surface area contributed by atoms with Crippen molar-refractivity contribution in [3.8, 4) is 11.1 Å². The fraction of sp³-hybridized carbons (Fsp3) is 0.429. The summed E-state index contributed by atoms with van der Waals surface area (Å²) in [4.78, 5) is 27.4. The van der Waals surface area contributed by atoms with Crippen molar-refractivity contribution >= 4 is 39.8 Å². The molecule has 3 rings (SSSR count). The fourth-order valence-corrected chi connectivity index (χ4v) is 4.92. The van der Waals surface area contributed by atoms with E-state index >= 15 is 0 Å². The summed E-state index contributed by atoms with van der Waals surface area (Å²) in [6.07, 6.45) is 0.144. The molecule has 0 spiro atoms. The molecule has 0 bridgehead atoms. The summed E-state index contributed by atoms with van der Waals surface area (Å²) in [6.45, 7) is 7.54. The Kier molecular flexibility index (Phi) is 7.29. The molecule has 2 aromatic rings. The lowest BCUT2D eigenvalue weighted by Crippen LogP contribution is -2.48. The number of esters is 1. The number of ether oxygens (including phenoxy) is 2. The highest BCUT2D eigenvalue weighted by Gasteiger charge is 2.28. The second kappa shape index (κ2) is 9.71. The van der Waals surface area contributed by atoms with E-state index in [1.807, 2.05) is 49.1 Å². The van der Waals surface area contributed by atoms with Crippen molar-refractivity contribution in [2.24, 2.45) is 0 Å². The predicted octanol–water partition coefficient (Wildman–Crippen LogP) is 4.29. The van der Waals surface area contributed by atoms with E-state index in [-0.39, 0.29) is 31.3 Å². The van der Waals surface area contributed by atoms with Gasteiger partial charge in [-0.3, -0.25) is 9.69 Å². The van der Waals surface area contributed by atoms with Gasteiger partial charge in [-0.25, -0.2) is 4.79 Å². The van der Waals surface area contributed by atoms with E-state index in [1.165, 1.54) is 11.3 Å². The van der Waals surface area contributed by atoms with Gasteiger partial charge in [0.25, 0.3) is 0 Å². The van der Waals surface area contributed by atoms with E-state index in [0.717, 1.165) is 5.56 Å². The highest BCUT2D eigenvalue weighted by Crippen LogP contribution is 2.43. The van der Waals surface area contributed by atoms with E-state index in [4.69, 9.17) is 21.1 Å². The maximum Gasteiger partial charge on any atom is 0.341 e. The average Bonchev–Trinajstić information content (AvgIpc) is 2.97.